The molecule has 0 bridgehead atoms. The van der Waals surface area contributed by atoms with Crippen molar-refractivity contribution in [2.75, 3.05) is 12.3 Å². The van der Waals surface area contributed by atoms with Crippen LogP contribution in [0.15, 0.2) is 34.9 Å². The number of nitrogens with two attached hydrogens (primary N) is 1. The van der Waals surface area contributed by atoms with Gasteiger partial charge in [-0.2, -0.15) is 0 Å². The number of nitrogen functional groups attached to an aromatic ring is 1. The molecule has 1 atom stereocenters. The predicted molar refractivity (Wildman–Crippen MR) is 87.6 cm³/mol. The average molecular weight is 352 g/mol. The largest absolute Gasteiger partial charge is 0.383 e. The van der Waals surface area contributed by atoms with Gasteiger partial charge in [0.05, 0.1) is 10.5 Å². The summed E-state index contributed by atoms with van der Waals surface area (Å²) in [5.41, 5.74) is 9.04. The van der Waals surface area contributed by atoms with E-state index in [1.54, 1.807) is 18.3 Å². The Labute approximate surface area is 132 Å². The minimum absolute atomic E-state index is 0.101. The van der Waals surface area contributed by atoms with E-state index in [1.807, 2.05) is 13.0 Å². The second kappa shape index (κ2) is 7.00. The van der Waals surface area contributed by atoms with Crippen molar-refractivity contribution in [3.8, 4) is 0 Å². The molecule has 5 heteroatoms. The van der Waals surface area contributed by atoms with Gasteiger partial charge in [0.15, 0.2) is 0 Å². The third-order valence-electron chi connectivity index (χ3n) is 3.40. The summed E-state index contributed by atoms with van der Waals surface area (Å²) in [7, 11) is 0. The van der Waals surface area contributed by atoms with E-state index in [1.165, 1.54) is 6.07 Å². The summed E-state index contributed by atoms with van der Waals surface area (Å²) >= 11 is 3.24. The highest BCUT2D eigenvalue weighted by Gasteiger charge is 2.19. The number of halogens is 2. The van der Waals surface area contributed by atoms with E-state index in [2.05, 4.69) is 33.2 Å². The molecule has 0 amide bonds. The first kappa shape index (κ1) is 15.9. The van der Waals surface area contributed by atoms with Gasteiger partial charge < -0.3 is 11.1 Å². The van der Waals surface area contributed by atoms with Gasteiger partial charge in [0.25, 0.3) is 0 Å². The molecule has 1 unspecified atom stereocenters. The number of aryl methyl sites for hydroxylation is 1. The number of rotatable bonds is 5. The van der Waals surface area contributed by atoms with E-state index in [9.17, 15) is 4.39 Å². The molecule has 0 aliphatic heterocycles. The van der Waals surface area contributed by atoms with Gasteiger partial charge in [0, 0.05) is 11.8 Å². The molecule has 0 fully saturated rings. The molecule has 3 N–H and O–H groups in total. The molecule has 2 rings (SSSR count). The van der Waals surface area contributed by atoms with Crippen molar-refractivity contribution in [2.45, 2.75) is 26.3 Å². The van der Waals surface area contributed by atoms with Crippen LogP contribution in [0, 0.1) is 12.7 Å². The Bertz CT molecular complexity index is 611. The van der Waals surface area contributed by atoms with E-state index < -0.39 is 0 Å². The zero-order valence-electron chi connectivity index (χ0n) is 12.2. The van der Waals surface area contributed by atoms with Gasteiger partial charge in [0.2, 0.25) is 0 Å². The Kier molecular flexibility index (Phi) is 5.31. The van der Waals surface area contributed by atoms with Gasteiger partial charge in [-0.3, -0.25) is 0 Å². The highest BCUT2D eigenvalue weighted by molar-refractivity contribution is 9.10. The molecule has 1 aromatic heterocycles. The van der Waals surface area contributed by atoms with Gasteiger partial charge in [-0.05, 0) is 65.1 Å². The van der Waals surface area contributed by atoms with Crippen molar-refractivity contribution in [3.63, 3.8) is 0 Å². The predicted octanol–water partition coefficient (Wildman–Crippen LogP) is 3.96. The first-order valence-electron chi connectivity index (χ1n) is 6.94. The minimum atomic E-state index is -0.274. The summed E-state index contributed by atoms with van der Waals surface area (Å²) < 4.78 is 13.9. The summed E-state index contributed by atoms with van der Waals surface area (Å²) in [4.78, 5) is 4.19. The second-order valence-electron chi connectivity index (χ2n) is 4.99. The lowest BCUT2D eigenvalue weighted by molar-refractivity contribution is 0.589. The molecule has 21 heavy (non-hydrogen) atoms. The zero-order valence-corrected chi connectivity index (χ0v) is 13.7. The third-order valence-corrected chi connectivity index (χ3v) is 4.01. The van der Waals surface area contributed by atoms with Crippen LogP contribution in [0.1, 0.15) is 36.1 Å². The first-order chi connectivity index (χ1) is 10.0. The van der Waals surface area contributed by atoms with Crippen molar-refractivity contribution in [1.82, 2.24) is 10.3 Å². The fourth-order valence-corrected chi connectivity index (χ4v) is 2.73. The van der Waals surface area contributed by atoms with Crippen molar-refractivity contribution in [1.29, 1.82) is 0 Å². The molecule has 0 aliphatic rings. The van der Waals surface area contributed by atoms with E-state index in [0.29, 0.717) is 10.3 Å². The Morgan fingerprint density at radius 3 is 2.76 bits per heavy atom. The zero-order chi connectivity index (χ0) is 15.4. The Balaban J connectivity index is 2.49. The maximum Gasteiger partial charge on any atom is 0.137 e. The fourth-order valence-electron chi connectivity index (χ4n) is 2.33. The standard InChI is InChI=1S/C16H19BrFN3/c1-3-7-20-15(11-4-5-13(18)12(17)9-11)14-10(2)6-8-21-16(14)19/h4-6,8-9,15,20H,3,7H2,1-2H3,(H2,19,21). The highest BCUT2D eigenvalue weighted by Crippen LogP contribution is 2.30. The minimum Gasteiger partial charge on any atom is -0.383 e. The molecular weight excluding hydrogens is 333 g/mol. The SMILES string of the molecule is CCCNC(c1ccc(F)c(Br)c1)c1c(C)ccnc1N. The molecule has 3 nitrogen and oxygen atoms in total. The average Bonchev–Trinajstić information content (AvgIpc) is 2.45. The summed E-state index contributed by atoms with van der Waals surface area (Å²) in [5.74, 6) is 0.230. The number of benzene rings is 1. The maximum absolute atomic E-state index is 13.5. The number of nitrogens with zero attached hydrogens (tertiary/aromatic N) is 1. The van der Waals surface area contributed by atoms with Crippen LogP contribution in [0.5, 0.6) is 0 Å². The Morgan fingerprint density at radius 2 is 2.14 bits per heavy atom. The third kappa shape index (κ3) is 3.60. The summed E-state index contributed by atoms with van der Waals surface area (Å²) in [5, 5.41) is 3.47. The molecule has 0 saturated carbocycles. The van der Waals surface area contributed by atoms with Gasteiger partial charge in [-0.1, -0.05) is 13.0 Å². The van der Waals surface area contributed by atoms with Crippen LogP contribution in [0.4, 0.5) is 10.2 Å². The molecule has 0 spiro atoms. The number of aromatic nitrogens is 1. The topological polar surface area (TPSA) is 50.9 Å². The lowest BCUT2D eigenvalue weighted by atomic mass is 9.95. The fraction of sp³-hybridized carbons (Fsp3) is 0.312. The number of hydrogen-bond donors (Lipinski definition) is 2. The molecule has 112 valence electrons. The van der Waals surface area contributed by atoms with Crippen LogP contribution in [0.25, 0.3) is 0 Å². The molecule has 2 aromatic rings. The second-order valence-corrected chi connectivity index (χ2v) is 5.84. The van der Waals surface area contributed by atoms with Gasteiger partial charge >= 0.3 is 0 Å². The van der Waals surface area contributed by atoms with Crippen LogP contribution in [-0.2, 0) is 0 Å². The highest BCUT2D eigenvalue weighted by atomic mass is 79.9. The summed E-state index contributed by atoms with van der Waals surface area (Å²) in [6, 6.07) is 6.86. The Hall–Kier alpha value is -1.46. The van der Waals surface area contributed by atoms with E-state index in [4.69, 9.17) is 5.73 Å². The van der Waals surface area contributed by atoms with Gasteiger partial charge in [-0.25, -0.2) is 9.37 Å². The van der Waals surface area contributed by atoms with Gasteiger partial charge in [0.1, 0.15) is 11.6 Å². The molecular formula is C16H19BrFN3. The van der Waals surface area contributed by atoms with Crippen molar-refractivity contribution in [2.24, 2.45) is 0 Å². The normalized spacial score (nSPS) is 12.4. The number of pyridine rings is 1. The monoisotopic (exact) mass is 351 g/mol. The maximum atomic E-state index is 13.5. The van der Waals surface area contributed by atoms with Crippen LogP contribution in [0.2, 0.25) is 0 Å². The van der Waals surface area contributed by atoms with Crippen LogP contribution < -0.4 is 11.1 Å². The number of nitrogens with one attached hydrogen (secondary N) is 1. The van der Waals surface area contributed by atoms with Crippen LogP contribution >= 0.6 is 15.9 Å². The van der Waals surface area contributed by atoms with Crippen molar-refractivity contribution in [3.05, 3.63) is 57.4 Å². The molecule has 0 saturated heterocycles. The smallest absolute Gasteiger partial charge is 0.137 e. The molecule has 1 aromatic carbocycles. The summed E-state index contributed by atoms with van der Waals surface area (Å²) in [6.07, 6.45) is 2.70. The van der Waals surface area contributed by atoms with Gasteiger partial charge in [-0.15, -0.1) is 0 Å². The van der Waals surface area contributed by atoms with Crippen LogP contribution in [-0.4, -0.2) is 11.5 Å². The lowest BCUT2D eigenvalue weighted by Crippen LogP contribution is -2.25. The number of hydrogen-bond acceptors (Lipinski definition) is 3. The van der Waals surface area contributed by atoms with Crippen molar-refractivity contribution < 1.29 is 4.39 Å². The lowest BCUT2D eigenvalue weighted by Gasteiger charge is -2.22. The first-order valence-corrected chi connectivity index (χ1v) is 7.73. The van der Waals surface area contributed by atoms with E-state index >= 15 is 0 Å². The number of anilines is 1. The Morgan fingerprint density at radius 1 is 1.38 bits per heavy atom. The van der Waals surface area contributed by atoms with Crippen molar-refractivity contribution >= 4 is 21.7 Å². The van der Waals surface area contributed by atoms with E-state index in [-0.39, 0.29) is 11.9 Å². The van der Waals surface area contributed by atoms with Crippen LogP contribution in [0.3, 0.4) is 0 Å². The quantitative estimate of drug-likeness (QED) is 0.856. The molecule has 0 radical (unpaired) electrons. The molecule has 0 aliphatic carbocycles. The molecule has 1 heterocycles. The summed E-state index contributed by atoms with van der Waals surface area (Å²) in [6.45, 7) is 4.95. The van der Waals surface area contributed by atoms with E-state index in [0.717, 1.165) is 29.7 Å².